The summed E-state index contributed by atoms with van der Waals surface area (Å²) < 4.78 is 5.54. The van der Waals surface area contributed by atoms with Gasteiger partial charge in [-0.15, -0.1) is 0 Å². The van der Waals surface area contributed by atoms with E-state index < -0.39 is 5.60 Å². The molecule has 2 rings (SSSR count). The van der Waals surface area contributed by atoms with Crippen molar-refractivity contribution in [1.29, 1.82) is 0 Å². The molecule has 0 amide bonds. The van der Waals surface area contributed by atoms with Gasteiger partial charge in [0.05, 0.1) is 11.6 Å². The average molecular weight is 245 g/mol. The first-order chi connectivity index (χ1) is 8.60. The zero-order valence-electron chi connectivity index (χ0n) is 11.0. The average Bonchev–Trinajstić information content (AvgIpc) is 2.39. The molecule has 1 aromatic heterocycles. The van der Waals surface area contributed by atoms with Gasteiger partial charge in [-0.3, -0.25) is 16.3 Å². The lowest BCUT2D eigenvalue weighted by atomic mass is 9.89. The maximum atomic E-state index is 5.71. The van der Waals surface area contributed by atoms with Gasteiger partial charge < -0.3 is 4.74 Å². The molecule has 0 fully saturated rings. The molecule has 0 aliphatic heterocycles. The number of ether oxygens (including phenoxy) is 1. The van der Waals surface area contributed by atoms with Crippen LogP contribution in [0.2, 0.25) is 0 Å². The highest BCUT2D eigenvalue weighted by molar-refractivity contribution is 5.85. The fraction of sp³-hybridized carbons (Fsp3) is 0.357. The number of nitrogens with one attached hydrogen (secondary N) is 1. The van der Waals surface area contributed by atoms with Crippen molar-refractivity contribution in [2.24, 2.45) is 5.84 Å². The maximum absolute atomic E-state index is 5.71. The zero-order chi connectivity index (χ0) is 13.2. The van der Waals surface area contributed by atoms with Crippen LogP contribution in [0.1, 0.15) is 25.5 Å². The predicted molar refractivity (Wildman–Crippen MR) is 72.9 cm³/mol. The van der Waals surface area contributed by atoms with E-state index in [4.69, 9.17) is 10.6 Å². The number of nitrogens with two attached hydrogens (primary N) is 1. The van der Waals surface area contributed by atoms with Gasteiger partial charge in [-0.05, 0) is 30.9 Å². The van der Waals surface area contributed by atoms with E-state index in [1.165, 1.54) is 0 Å². The molecule has 0 bridgehead atoms. The molecule has 0 saturated carbocycles. The third-order valence-electron chi connectivity index (χ3n) is 3.41. The van der Waals surface area contributed by atoms with E-state index in [1.54, 1.807) is 13.3 Å². The number of hydrazine groups is 1. The standard InChI is InChI=1S/C14H19N3O/c1-14(2,18-3)13(17-15)12-6-4-5-10-9-16-8-7-11(10)12/h4-9,13,17H,15H2,1-3H3. The number of nitrogens with zero attached hydrogens (tertiary/aromatic N) is 1. The van der Waals surface area contributed by atoms with Crippen LogP contribution in [0.5, 0.6) is 0 Å². The molecule has 1 aromatic carbocycles. The molecular weight excluding hydrogens is 226 g/mol. The summed E-state index contributed by atoms with van der Waals surface area (Å²) in [5.74, 6) is 5.71. The van der Waals surface area contributed by atoms with Crippen molar-refractivity contribution in [3.05, 3.63) is 42.2 Å². The molecule has 2 aromatic rings. The summed E-state index contributed by atoms with van der Waals surface area (Å²) in [6.07, 6.45) is 3.64. The van der Waals surface area contributed by atoms with E-state index in [1.807, 2.05) is 38.2 Å². The highest BCUT2D eigenvalue weighted by Gasteiger charge is 2.30. The second kappa shape index (κ2) is 5.02. The molecule has 1 unspecified atom stereocenters. The summed E-state index contributed by atoms with van der Waals surface area (Å²) in [6.45, 7) is 4.02. The minimum Gasteiger partial charge on any atom is -0.377 e. The smallest absolute Gasteiger partial charge is 0.0829 e. The number of benzene rings is 1. The van der Waals surface area contributed by atoms with Gasteiger partial charge in [0, 0.05) is 24.9 Å². The van der Waals surface area contributed by atoms with E-state index in [-0.39, 0.29) is 6.04 Å². The number of hydrogen-bond donors (Lipinski definition) is 2. The topological polar surface area (TPSA) is 60.2 Å². The minimum atomic E-state index is -0.397. The lowest BCUT2D eigenvalue weighted by Gasteiger charge is -2.33. The van der Waals surface area contributed by atoms with Crippen molar-refractivity contribution in [3.8, 4) is 0 Å². The van der Waals surface area contributed by atoms with Crippen LogP contribution >= 0.6 is 0 Å². The van der Waals surface area contributed by atoms with E-state index in [9.17, 15) is 0 Å². The molecule has 4 nitrogen and oxygen atoms in total. The van der Waals surface area contributed by atoms with Crippen LogP contribution in [0.25, 0.3) is 10.8 Å². The first kappa shape index (κ1) is 13.0. The Morgan fingerprint density at radius 1 is 1.33 bits per heavy atom. The van der Waals surface area contributed by atoms with Crippen LogP contribution in [0.3, 0.4) is 0 Å². The zero-order valence-corrected chi connectivity index (χ0v) is 11.0. The summed E-state index contributed by atoms with van der Waals surface area (Å²) in [7, 11) is 1.69. The van der Waals surface area contributed by atoms with Crippen LogP contribution in [-0.4, -0.2) is 17.7 Å². The van der Waals surface area contributed by atoms with Gasteiger partial charge in [0.2, 0.25) is 0 Å². The second-order valence-corrected chi connectivity index (χ2v) is 4.85. The van der Waals surface area contributed by atoms with Gasteiger partial charge in [-0.25, -0.2) is 0 Å². The summed E-state index contributed by atoms with van der Waals surface area (Å²) in [4.78, 5) is 4.14. The largest absolute Gasteiger partial charge is 0.377 e. The van der Waals surface area contributed by atoms with E-state index >= 15 is 0 Å². The number of rotatable bonds is 4. The lowest BCUT2D eigenvalue weighted by molar-refractivity contribution is -0.0107. The van der Waals surface area contributed by atoms with Crippen LogP contribution in [0.15, 0.2) is 36.7 Å². The van der Waals surface area contributed by atoms with Crippen LogP contribution in [0, 0.1) is 0 Å². The Kier molecular flexibility index (Phi) is 3.61. The van der Waals surface area contributed by atoms with Gasteiger partial charge in [0.25, 0.3) is 0 Å². The van der Waals surface area contributed by atoms with Gasteiger partial charge in [0.15, 0.2) is 0 Å². The van der Waals surface area contributed by atoms with Crippen molar-refractivity contribution in [3.63, 3.8) is 0 Å². The van der Waals surface area contributed by atoms with E-state index in [2.05, 4.69) is 16.5 Å². The predicted octanol–water partition coefficient (Wildman–Crippen LogP) is 2.16. The molecule has 96 valence electrons. The third-order valence-corrected chi connectivity index (χ3v) is 3.41. The number of hydrogen-bond acceptors (Lipinski definition) is 4. The highest BCUT2D eigenvalue weighted by Crippen LogP contribution is 2.32. The Morgan fingerprint density at radius 3 is 2.78 bits per heavy atom. The van der Waals surface area contributed by atoms with Gasteiger partial charge in [0.1, 0.15) is 0 Å². The maximum Gasteiger partial charge on any atom is 0.0829 e. The molecule has 0 aliphatic rings. The van der Waals surface area contributed by atoms with Gasteiger partial charge in [-0.1, -0.05) is 18.2 Å². The number of fused-ring (bicyclic) bond motifs is 1. The Bertz CT molecular complexity index is 534. The lowest BCUT2D eigenvalue weighted by Crippen LogP contribution is -2.44. The van der Waals surface area contributed by atoms with Crippen LogP contribution in [-0.2, 0) is 4.74 Å². The Labute approximate surface area is 107 Å². The van der Waals surface area contributed by atoms with E-state index in [0.29, 0.717) is 0 Å². The summed E-state index contributed by atoms with van der Waals surface area (Å²) in [6, 6.07) is 8.02. The number of pyridine rings is 1. The van der Waals surface area contributed by atoms with E-state index in [0.717, 1.165) is 16.3 Å². The molecule has 0 spiro atoms. The highest BCUT2D eigenvalue weighted by atomic mass is 16.5. The van der Waals surface area contributed by atoms with Crippen molar-refractivity contribution < 1.29 is 4.74 Å². The normalized spacial score (nSPS) is 13.8. The molecule has 0 saturated heterocycles. The minimum absolute atomic E-state index is 0.0893. The third kappa shape index (κ3) is 2.22. The van der Waals surface area contributed by atoms with Gasteiger partial charge >= 0.3 is 0 Å². The monoisotopic (exact) mass is 245 g/mol. The molecule has 1 heterocycles. The van der Waals surface area contributed by atoms with Crippen molar-refractivity contribution in [1.82, 2.24) is 10.4 Å². The first-order valence-electron chi connectivity index (χ1n) is 5.94. The Morgan fingerprint density at radius 2 is 2.11 bits per heavy atom. The van der Waals surface area contributed by atoms with Gasteiger partial charge in [-0.2, -0.15) is 0 Å². The molecule has 4 heteroatoms. The van der Waals surface area contributed by atoms with Crippen molar-refractivity contribution in [2.75, 3.05) is 7.11 Å². The van der Waals surface area contributed by atoms with Crippen LogP contribution < -0.4 is 11.3 Å². The molecular formula is C14H19N3O. The summed E-state index contributed by atoms with van der Waals surface area (Å²) in [5.41, 5.74) is 3.57. The number of methoxy groups -OCH3 is 1. The molecule has 0 aliphatic carbocycles. The summed E-state index contributed by atoms with van der Waals surface area (Å²) >= 11 is 0. The fourth-order valence-corrected chi connectivity index (χ4v) is 2.18. The molecule has 18 heavy (non-hydrogen) atoms. The Balaban J connectivity index is 2.59. The molecule has 0 radical (unpaired) electrons. The quantitative estimate of drug-likeness (QED) is 0.640. The molecule has 1 atom stereocenters. The first-order valence-corrected chi connectivity index (χ1v) is 5.94. The SMILES string of the molecule is COC(C)(C)C(NN)c1cccc2cnccc12. The number of aromatic nitrogens is 1. The summed E-state index contributed by atoms with van der Waals surface area (Å²) in [5, 5.41) is 2.24. The second-order valence-electron chi connectivity index (χ2n) is 4.85. The Hall–Kier alpha value is -1.49. The van der Waals surface area contributed by atoms with Crippen molar-refractivity contribution >= 4 is 10.8 Å². The van der Waals surface area contributed by atoms with Crippen LogP contribution in [0.4, 0.5) is 0 Å². The fourth-order valence-electron chi connectivity index (χ4n) is 2.18. The van der Waals surface area contributed by atoms with Crippen molar-refractivity contribution in [2.45, 2.75) is 25.5 Å². The molecule has 3 N–H and O–H groups in total.